The van der Waals surface area contributed by atoms with Gasteiger partial charge in [-0.2, -0.15) is 0 Å². The van der Waals surface area contributed by atoms with Gasteiger partial charge in [-0.3, -0.25) is 4.79 Å². The third kappa shape index (κ3) is 3.27. The fourth-order valence-corrected chi connectivity index (χ4v) is 1.26. The van der Waals surface area contributed by atoms with E-state index in [4.69, 9.17) is 4.74 Å². The third-order valence-corrected chi connectivity index (χ3v) is 2.21. The molecular formula is C12H17NO2. The molecule has 1 atom stereocenters. The van der Waals surface area contributed by atoms with Crippen LogP contribution in [0.4, 0.5) is 0 Å². The van der Waals surface area contributed by atoms with Crippen LogP contribution in [0.1, 0.15) is 18.9 Å². The molecule has 15 heavy (non-hydrogen) atoms. The first kappa shape index (κ1) is 11.6. The second-order valence-electron chi connectivity index (χ2n) is 3.44. The van der Waals surface area contributed by atoms with Gasteiger partial charge in [0, 0.05) is 7.05 Å². The summed E-state index contributed by atoms with van der Waals surface area (Å²) in [5, 5.41) is 2.58. The predicted octanol–water partition coefficient (Wildman–Crippen LogP) is 1.90. The Morgan fingerprint density at radius 1 is 1.40 bits per heavy atom. The highest BCUT2D eigenvalue weighted by Gasteiger charge is 2.16. The molecule has 3 heteroatoms. The van der Waals surface area contributed by atoms with Gasteiger partial charge < -0.3 is 10.1 Å². The third-order valence-electron chi connectivity index (χ3n) is 2.21. The van der Waals surface area contributed by atoms with Gasteiger partial charge in [0.2, 0.25) is 0 Å². The first-order valence-corrected chi connectivity index (χ1v) is 5.12. The molecule has 0 aliphatic heterocycles. The van der Waals surface area contributed by atoms with E-state index in [0.717, 1.165) is 5.75 Å². The minimum atomic E-state index is -0.405. The van der Waals surface area contributed by atoms with Crippen molar-refractivity contribution in [3.05, 3.63) is 29.8 Å². The topological polar surface area (TPSA) is 38.3 Å². The molecule has 0 saturated carbocycles. The molecule has 0 aliphatic rings. The summed E-state index contributed by atoms with van der Waals surface area (Å²) in [4.78, 5) is 11.4. The second kappa shape index (κ2) is 5.39. The van der Waals surface area contributed by atoms with Gasteiger partial charge in [0.25, 0.3) is 5.91 Å². The highest BCUT2D eigenvalue weighted by atomic mass is 16.5. The number of hydrogen-bond acceptors (Lipinski definition) is 2. The smallest absolute Gasteiger partial charge is 0.260 e. The maximum absolute atomic E-state index is 11.4. The zero-order chi connectivity index (χ0) is 11.3. The van der Waals surface area contributed by atoms with Crippen molar-refractivity contribution in [2.45, 2.75) is 26.4 Å². The molecule has 0 bridgehead atoms. The largest absolute Gasteiger partial charge is 0.481 e. The first-order valence-electron chi connectivity index (χ1n) is 5.12. The molecule has 1 aromatic carbocycles. The van der Waals surface area contributed by atoms with E-state index in [1.807, 2.05) is 38.1 Å². The van der Waals surface area contributed by atoms with Crippen molar-refractivity contribution in [3.63, 3.8) is 0 Å². The molecule has 3 nitrogen and oxygen atoms in total. The minimum absolute atomic E-state index is 0.0851. The molecule has 1 aromatic rings. The summed E-state index contributed by atoms with van der Waals surface area (Å²) >= 11 is 0. The van der Waals surface area contributed by atoms with E-state index in [2.05, 4.69) is 5.32 Å². The van der Waals surface area contributed by atoms with Gasteiger partial charge in [-0.15, -0.1) is 0 Å². The maximum atomic E-state index is 11.4. The number of likely N-dealkylation sites (N-methyl/N-ethyl adjacent to an activating group) is 1. The monoisotopic (exact) mass is 207 g/mol. The highest BCUT2D eigenvalue weighted by Crippen LogP contribution is 2.14. The quantitative estimate of drug-likeness (QED) is 0.819. The Balaban J connectivity index is 2.66. The number of benzene rings is 1. The van der Waals surface area contributed by atoms with E-state index in [1.54, 1.807) is 7.05 Å². The van der Waals surface area contributed by atoms with E-state index in [-0.39, 0.29) is 5.91 Å². The van der Waals surface area contributed by atoms with Crippen LogP contribution in [-0.2, 0) is 4.79 Å². The lowest BCUT2D eigenvalue weighted by Crippen LogP contribution is -2.35. The van der Waals surface area contributed by atoms with Crippen molar-refractivity contribution >= 4 is 5.91 Å². The van der Waals surface area contributed by atoms with Crippen molar-refractivity contribution in [1.82, 2.24) is 5.32 Å². The molecule has 0 radical (unpaired) electrons. The zero-order valence-corrected chi connectivity index (χ0v) is 9.41. The molecular weight excluding hydrogens is 190 g/mol. The number of carbonyl (C=O) groups is 1. The number of amides is 1. The Labute approximate surface area is 90.4 Å². The van der Waals surface area contributed by atoms with E-state index in [9.17, 15) is 4.79 Å². The molecule has 1 amide bonds. The zero-order valence-electron chi connectivity index (χ0n) is 9.41. The Morgan fingerprint density at radius 2 is 2.00 bits per heavy atom. The van der Waals surface area contributed by atoms with Crippen LogP contribution >= 0.6 is 0 Å². The van der Waals surface area contributed by atoms with Gasteiger partial charge >= 0.3 is 0 Å². The maximum Gasteiger partial charge on any atom is 0.260 e. The molecule has 1 rings (SSSR count). The number of hydrogen-bond donors (Lipinski definition) is 1. The Hall–Kier alpha value is -1.51. The van der Waals surface area contributed by atoms with E-state index in [1.165, 1.54) is 5.56 Å². The van der Waals surface area contributed by atoms with Crippen molar-refractivity contribution < 1.29 is 9.53 Å². The van der Waals surface area contributed by atoms with Crippen LogP contribution in [0, 0.1) is 6.92 Å². The SMILES string of the molecule is CC[C@@H](Oc1ccc(C)cc1)C(=O)NC. The summed E-state index contributed by atoms with van der Waals surface area (Å²) in [6.07, 6.45) is 0.255. The summed E-state index contributed by atoms with van der Waals surface area (Å²) in [5.74, 6) is 0.647. The van der Waals surface area contributed by atoms with Gasteiger partial charge in [0.05, 0.1) is 0 Å². The van der Waals surface area contributed by atoms with Crippen molar-refractivity contribution in [2.75, 3.05) is 7.05 Å². The average Bonchev–Trinajstić information content (AvgIpc) is 2.27. The lowest BCUT2D eigenvalue weighted by molar-refractivity contribution is -0.127. The molecule has 0 unspecified atom stereocenters. The number of ether oxygens (including phenoxy) is 1. The normalized spacial score (nSPS) is 11.9. The molecule has 0 heterocycles. The van der Waals surface area contributed by atoms with E-state index >= 15 is 0 Å². The van der Waals surface area contributed by atoms with Crippen LogP contribution in [0.2, 0.25) is 0 Å². The van der Waals surface area contributed by atoms with Crippen LogP contribution in [0.15, 0.2) is 24.3 Å². The highest BCUT2D eigenvalue weighted by molar-refractivity contribution is 5.80. The fraction of sp³-hybridized carbons (Fsp3) is 0.417. The minimum Gasteiger partial charge on any atom is -0.481 e. The molecule has 0 aliphatic carbocycles. The predicted molar refractivity (Wildman–Crippen MR) is 60.0 cm³/mol. The van der Waals surface area contributed by atoms with E-state index in [0.29, 0.717) is 6.42 Å². The van der Waals surface area contributed by atoms with Crippen molar-refractivity contribution in [1.29, 1.82) is 0 Å². The average molecular weight is 207 g/mol. The number of carbonyl (C=O) groups excluding carboxylic acids is 1. The first-order chi connectivity index (χ1) is 7.17. The van der Waals surface area contributed by atoms with Crippen molar-refractivity contribution in [2.24, 2.45) is 0 Å². The van der Waals surface area contributed by atoms with E-state index < -0.39 is 6.10 Å². The number of rotatable bonds is 4. The molecule has 0 saturated heterocycles. The number of nitrogens with one attached hydrogen (secondary N) is 1. The molecule has 82 valence electrons. The van der Waals surface area contributed by atoms with Crippen LogP contribution in [0.3, 0.4) is 0 Å². The van der Waals surface area contributed by atoms with Crippen LogP contribution in [-0.4, -0.2) is 19.1 Å². The summed E-state index contributed by atoms with van der Waals surface area (Å²) in [6.45, 7) is 3.94. The second-order valence-corrected chi connectivity index (χ2v) is 3.44. The lowest BCUT2D eigenvalue weighted by atomic mass is 10.2. The van der Waals surface area contributed by atoms with Gasteiger partial charge in [0.1, 0.15) is 5.75 Å². The van der Waals surface area contributed by atoms with Crippen LogP contribution in [0.5, 0.6) is 5.75 Å². The van der Waals surface area contributed by atoms with Gasteiger partial charge in [-0.05, 0) is 25.5 Å². The molecule has 0 fully saturated rings. The fourth-order valence-electron chi connectivity index (χ4n) is 1.26. The van der Waals surface area contributed by atoms with Gasteiger partial charge in [0.15, 0.2) is 6.10 Å². The van der Waals surface area contributed by atoms with Crippen LogP contribution in [0.25, 0.3) is 0 Å². The number of aryl methyl sites for hydroxylation is 1. The summed E-state index contributed by atoms with van der Waals surface area (Å²) in [6, 6.07) is 7.68. The van der Waals surface area contributed by atoms with Crippen molar-refractivity contribution in [3.8, 4) is 5.75 Å². The van der Waals surface area contributed by atoms with Gasteiger partial charge in [-0.25, -0.2) is 0 Å². The molecule has 1 N–H and O–H groups in total. The summed E-state index contributed by atoms with van der Waals surface area (Å²) in [7, 11) is 1.61. The Kier molecular flexibility index (Phi) is 4.16. The summed E-state index contributed by atoms with van der Waals surface area (Å²) < 4.78 is 5.56. The standard InChI is InChI=1S/C12H17NO2/c1-4-11(12(14)13-3)15-10-7-5-9(2)6-8-10/h5-8,11H,4H2,1-3H3,(H,13,14)/t11-/m1/s1. The lowest BCUT2D eigenvalue weighted by Gasteiger charge is -2.15. The Bertz CT molecular complexity index is 319. The summed E-state index contributed by atoms with van der Waals surface area (Å²) in [5.41, 5.74) is 1.18. The van der Waals surface area contributed by atoms with Gasteiger partial charge in [-0.1, -0.05) is 24.6 Å². The molecule has 0 spiro atoms. The Morgan fingerprint density at radius 3 is 2.47 bits per heavy atom. The molecule has 0 aromatic heterocycles. The van der Waals surface area contributed by atoms with Crippen LogP contribution < -0.4 is 10.1 Å².